The average molecular weight is 342 g/mol. The highest BCUT2D eigenvalue weighted by molar-refractivity contribution is 6.30. The van der Waals surface area contributed by atoms with Crippen LogP contribution in [0.5, 0.6) is 0 Å². The molecule has 130 valence electrons. The summed E-state index contributed by atoms with van der Waals surface area (Å²) in [6.45, 7) is 7.50. The Bertz CT molecular complexity index is 384. The van der Waals surface area contributed by atoms with Gasteiger partial charge < -0.3 is 10.1 Å². The lowest BCUT2D eigenvalue weighted by Crippen LogP contribution is -2.47. The third kappa shape index (κ3) is 6.09. The second-order valence-electron chi connectivity index (χ2n) is 6.15. The van der Waals surface area contributed by atoms with Crippen LogP contribution in [0.4, 0.5) is 13.2 Å². The first-order valence-electron chi connectivity index (χ1n) is 8.03. The lowest BCUT2D eigenvalue weighted by molar-refractivity contribution is -0.103. The van der Waals surface area contributed by atoms with E-state index in [2.05, 4.69) is 19.2 Å². The molecule has 22 heavy (non-hydrogen) atoms. The predicted octanol–water partition coefficient (Wildman–Crippen LogP) is 5.17. The van der Waals surface area contributed by atoms with Gasteiger partial charge in [0.1, 0.15) is 0 Å². The molecule has 0 radical (unpaired) electrons. The number of rotatable bonds is 6. The van der Waals surface area contributed by atoms with Crippen LogP contribution < -0.4 is 5.32 Å². The van der Waals surface area contributed by atoms with E-state index in [9.17, 15) is 13.2 Å². The van der Waals surface area contributed by atoms with E-state index in [0.29, 0.717) is 12.1 Å². The van der Waals surface area contributed by atoms with Gasteiger partial charge in [0.2, 0.25) is 0 Å². The van der Waals surface area contributed by atoms with E-state index in [1.54, 1.807) is 13.8 Å². The van der Waals surface area contributed by atoms with E-state index in [1.807, 2.05) is 0 Å². The fourth-order valence-electron chi connectivity index (χ4n) is 3.00. The summed E-state index contributed by atoms with van der Waals surface area (Å²) in [5, 5.41) is 3.35. The van der Waals surface area contributed by atoms with Gasteiger partial charge in [-0.3, -0.25) is 0 Å². The first-order chi connectivity index (χ1) is 10.2. The highest BCUT2D eigenvalue weighted by Gasteiger charge is 2.37. The van der Waals surface area contributed by atoms with Gasteiger partial charge in [0.25, 0.3) is 0 Å². The van der Waals surface area contributed by atoms with Crippen molar-refractivity contribution < 1.29 is 17.9 Å². The number of ether oxygens (including phenoxy) is 1. The standard InChI is InChI=1S/C16H27ClF3NO/c1-5-12-9-13(7-10(3)21-12)22-11(4)8-14(15(17)6-2)16(18,19)20/h10-13,21H,5-9H2,1-4H3/b15-14-/t10-,11-,12+,13-/m1/s1. The molecule has 1 N–H and O–H groups in total. The SMILES string of the molecule is CC/C(Cl)=C(\C[C@@H](C)O[C@H]1C[C@H](CC)N[C@H](C)C1)C(F)(F)F. The Kier molecular flexibility index (Phi) is 7.69. The van der Waals surface area contributed by atoms with E-state index in [-0.39, 0.29) is 24.0 Å². The summed E-state index contributed by atoms with van der Waals surface area (Å²) in [4.78, 5) is 0. The van der Waals surface area contributed by atoms with Crippen LogP contribution in [0.15, 0.2) is 10.6 Å². The van der Waals surface area contributed by atoms with Crippen molar-refractivity contribution in [3.05, 3.63) is 10.6 Å². The van der Waals surface area contributed by atoms with Gasteiger partial charge in [0.05, 0.1) is 17.8 Å². The van der Waals surface area contributed by atoms with Crippen molar-refractivity contribution in [2.24, 2.45) is 0 Å². The van der Waals surface area contributed by atoms with Crippen LogP contribution in [-0.4, -0.2) is 30.5 Å². The van der Waals surface area contributed by atoms with Crippen molar-refractivity contribution in [3.63, 3.8) is 0 Å². The molecule has 2 nitrogen and oxygen atoms in total. The Morgan fingerprint density at radius 2 is 1.95 bits per heavy atom. The zero-order valence-corrected chi connectivity index (χ0v) is 14.5. The third-order valence-electron chi connectivity index (χ3n) is 4.07. The molecule has 0 bridgehead atoms. The highest BCUT2D eigenvalue weighted by atomic mass is 35.5. The summed E-state index contributed by atoms with van der Waals surface area (Å²) in [5.74, 6) is 0. The van der Waals surface area contributed by atoms with Crippen LogP contribution in [-0.2, 0) is 4.74 Å². The van der Waals surface area contributed by atoms with Crippen LogP contribution in [0.2, 0.25) is 0 Å². The van der Waals surface area contributed by atoms with E-state index in [1.165, 1.54) is 0 Å². The Morgan fingerprint density at radius 1 is 1.32 bits per heavy atom. The van der Waals surface area contributed by atoms with Gasteiger partial charge in [0.15, 0.2) is 0 Å². The highest BCUT2D eigenvalue weighted by Crippen LogP contribution is 2.35. The number of halogens is 4. The number of hydrogen-bond acceptors (Lipinski definition) is 2. The minimum atomic E-state index is -4.39. The molecule has 0 aromatic heterocycles. The zero-order chi connectivity index (χ0) is 16.9. The van der Waals surface area contributed by atoms with Gasteiger partial charge >= 0.3 is 6.18 Å². The number of alkyl halides is 3. The molecular weight excluding hydrogens is 315 g/mol. The van der Waals surface area contributed by atoms with Crippen molar-refractivity contribution >= 4 is 11.6 Å². The summed E-state index contributed by atoms with van der Waals surface area (Å²) in [5.41, 5.74) is -0.654. The molecule has 1 aliphatic rings. The fourth-order valence-corrected chi connectivity index (χ4v) is 3.18. The number of nitrogens with one attached hydrogen (secondary N) is 1. The zero-order valence-electron chi connectivity index (χ0n) is 13.8. The van der Waals surface area contributed by atoms with Crippen LogP contribution in [0.1, 0.15) is 59.8 Å². The molecule has 0 aromatic carbocycles. The second-order valence-corrected chi connectivity index (χ2v) is 6.61. The smallest absolute Gasteiger partial charge is 0.375 e. The van der Waals surface area contributed by atoms with Crippen molar-refractivity contribution in [2.75, 3.05) is 0 Å². The van der Waals surface area contributed by atoms with Gasteiger partial charge in [-0.1, -0.05) is 25.4 Å². The molecular formula is C16H27ClF3NO. The molecule has 1 saturated heterocycles. The van der Waals surface area contributed by atoms with Crippen molar-refractivity contribution in [2.45, 2.75) is 90.3 Å². The Balaban J connectivity index is 2.66. The van der Waals surface area contributed by atoms with Crippen LogP contribution in [0.3, 0.4) is 0 Å². The molecule has 1 fully saturated rings. The number of allylic oxidation sites excluding steroid dienone is 1. The molecule has 0 aromatic rings. The predicted molar refractivity (Wildman–Crippen MR) is 84.1 cm³/mol. The molecule has 4 atom stereocenters. The maximum Gasteiger partial charge on any atom is 0.413 e. The maximum absolute atomic E-state index is 13.1. The van der Waals surface area contributed by atoms with Crippen molar-refractivity contribution in [1.82, 2.24) is 5.32 Å². The van der Waals surface area contributed by atoms with Crippen molar-refractivity contribution in [3.8, 4) is 0 Å². The molecule has 0 unspecified atom stereocenters. The monoisotopic (exact) mass is 341 g/mol. The topological polar surface area (TPSA) is 21.3 Å². The molecule has 0 saturated carbocycles. The molecule has 1 aliphatic heterocycles. The Labute approximate surface area is 136 Å². The lowest BCUT2D eigenvalue weighted by atomic mass is 9.95. The molecule has 1 heterocycles. The van der Waals surface area contributed by atoms with Gasteiger partial charge in [-0.05, 0) is 39.5 Å². The molecule has 1 rings (SSSR count). The lowest BCUT2D eigenvalue weighted by Gasteiger charge is -2.36. The van der Waals surface area contributed by atoms with Gasteiger partial charge in [-0.25, -0.2) is 0 Å². The minimum Gasteiger partial charge on any atom is -0.375 e. The van der Waals surface area contributed by atoms with E-state index in [0.717, 1.165) is 19.3 Å². The summed E-state index contributed by atoms with van der Waals surface area (Å²) >= 11 is 5.77. The molecule has 0 amide bonds. The maximum atomic E-state index is 13.1. The average Bonchev–Trinajstić information content (AvgIpc) is 2.42. The van der Waals surface area contributed by atoms with E-state index < -0.39 is 17.9 Å². The van der Waals surface area contributed by atoms with Gasteiger partial charge in [-0.2, -0.15) is 13.2 Å². The number of piperidine rings is 1. The van der Waals surface area contributed by atoms with Crippen molar-refractivity contribution in [1.29, 1.82) is 0 Å². The van der Waals surface area contributed by atoms with E-state index >= 15 is 0 Å². The first kappa shape index (κ1) is 19.8. The summed E-state index contributed by atoms with van der Waals surface area (Å²) < 4.78 is 45.1. The minimum absolute atomic E-state index is 0.00563. The summed E-state index contributed by atoms with van der Waals surface area (Å²) in [7, 11) is 0. The Morgan fingerprint density at radius 3 is 2.45 bits per heavy atom. The van der Waals surface area contributed by atoms with Gasteiger partial charge in [-0.15, -0.1) is 0 Å². The van der Waals surface area contributed by atoms with Crippen LogP contribution >= 0.6 is 11.6 Å². The summed E-state index contributed by atoms with van der Waals surface area (Å²) in [6.07, 6.45) is -2.22. The molecule has 0 aliphatic carbocycles. The number of hydrogen-bond donors (Lipinski definition) is 1. The largest absolute Gasteiger partial charge is 0.413 e. The third-order valence-corrected chi connectivity index (χ3v) is 4.57. The Hall–Kier alpha value is -0.260. The van der Waals surface area contributed by atoms with Crippen LogP contribution in [0.25, 0.3) is 0 Å². The summed E-state index contributed by atoms with van der Waals surface area (Å²) in [6, 6.07) is 0.700. The van der Waals surface area contributed by atoms with E-state index in [4.69, 9.17) is 16.3 Å². The van der Waals surface area contributed by atoms with Gasteiger partial charge in [0, 0.05) is 23.5 Å². The quantitative estimate of drug-likeness (QED) is 0.720. The molecule has 0 spiro atoms. The second kappa shape index (κ2) is 8.55. The first-order valence-corrected chi connectivity index (χ1v) is 8.41. The fraction of sp³-hybridized carbons (Fsp3) is 0.875. The molecule has 6 heteroatoms. The van der Waals surface area contributed by atoms with Crippen LogP contribution in [0, 0.1) is 0 Å². The normalized spacial score (nSPS) is 29.2.